The van der Waals surface area contributed by atoms with Gasteiger partial charge < -0.3 is 5.09 Å². The number of nitrogens with one attached hydrogen (secondary N) is 2. The molecule has 1 aromatic rings. The molecule has 6 heteroatoms. The van der Waals surface area contributed by atoms with Crippen molar-refractivity contribution in [1.82, 2.24) is 10.2 Å². The minimum absolute atomic E-state index is 0.334. The lowest BCUT2D eigenvalue weighted by Crippen LogP contribution is -2.21. The molecule has 2 N–H and O–H groups in total. The third-order valence-corrected chi connectivity index (χ3v) is 7.71. The number of benzene rings is 1. The second kappa shape index (κ2) is 9.29. The van der Waals surface area contributed by atoms with Crippen LogP contribution in [0.4, 0.5) is 5.69 Å². The minimum Gasteiger partial charge on any atom is -0.307 e. The Morgan fingerprint density at radius 2 is 2.00 bits per heavy atom. The lowest BCUT2D eigenvalue weighted by atomic mass is 10.2. The summed E-state index contributed by atoms with van der Waals surface area (Å²) in [7, 11) is 0. The first-order valence-electron chi connectivity index (χ1n) is 7.39. The van der Waals surface area contributed by atoms with Crippen molar-refractivity contribution in [3.05, 3.63) is 29.8 Å². The van der Waals surface area contributed by atoms with Gasteiger partial charge in [0.05, 0.1) is 12.0 Å². The fourth-order valence-electron chi connectivity index (χ4n) is 1.51. The van der Waals surface area contributed by atoms with Gasteiger partial charge in [0.25, 0.3) is 6.65 Å². The van der Waals surface area contributed by atoms with Gasteiger partial charge in [-0.1, -0.05) is 49.8 Å². The van der Waals surface area contributed by atoms with E-state index in [1.807, 2.05) is 31.2 Å². The predicted octanol–water partition coefficient (Wildman–Crippen LogP) is 4.88. The van der Waals surface area contributed by atoms with E-state index in [0.717, 1.165) is 25.1 Å². The highest BCUT2D eigenvalue weighted by molar-refractivity contribution is 8.57. The molecule has 0 bridgehead atoms. The first-order chi connectivity index (χ1) is 9.99. The van der Waals surface area contributed by atoms with E-state index in [4.69, 9.17) is 0 Å². The Bertz CT molecular complexity index is 490. The number of hydrogen-bond donors (Lipinski definition) is 2. The quantitative estimate of drug-likeness (QED) is 0.385. The zero-order valence-corrected chi connectivity index (χ0v) is 15.0. The van der Waals surface area contributed by atoms with Gasteiger partial charge in [-0.15, -0.1) is 0 Å². The number of hydrogen-bond acceptors (Lipinski definition) is 3. The van der Waals surface area contributed by atoms with E-state index in [9.17, 15) is 4.57 Å². The second-order valence-corrected chi connectivity index (χ2v) is 9.87. The molecule has 2 atom stereocenters. The number of aryl methyl sites for hydroxylation is 1. The zero-order valence-electron chi connectivity index (χ0n) is 13.3. The lowest BCUT2D eigenvalue weighted by Gasteiger charge is -2.21. The van der Waals surface area contributed by atoms with E-state index < -0.39 is 6.65 Å². The summed E-state index contributed by atoms with van der Waals surface area (Å²) in [5.74, 6) is 0. The van der Waals surface area contributed by atoms with Crippen LogP contribution in [0, 0.1) is 6.92 Å². The van der Waals surface area contributed by atoms with E-state index >= 15 is 0 Å². The van der Waals surface area contributed by atoms with Gasteiger partial charge in [-0.3, -0.25) is 4.57 Å². The molecule has 2 unspecified atom stereocenters. The van der Waals surface area contributed by atoms with Crippen molar-refractivity contribution in [3.63, 3.8) is 0 Å². The van der Waals surface area contributed by atoms with Crippen molar-refractivity contribution in [2.24, 2.45) is 4.99 Å². The van der Waals surface area contributed by atoms with E-state index in [0.29, 0.717) is 5.25 Å². The summed E-state index contributed by atoms with van der Waals surface area (Å²) in [5.41, 5.74) is 2.05. The first kappa shape index (κ1) is 18.3. The molecule has 0 spiro atoms. The molecule has 1 aromatic carbocycles. The summed E-state index contributed by atoms with van der Waals surface area (Å²) >= 11 is 1.47. The molecular weight excluding hydrogens is 301 g/mol. The number of nitrogens with zero attached hydrogens (tertiary/aromatic N) is 1. The summed E-state index contributed by atoms with van der Waals surface area (Å²) < 4.78 is 12.8. The molecule has 0 aliphatic rings. The maximum Gasteiger partial charge on any atom is 0.291 e. The molecule has 0 aromatic heterocycles. The van der Waals surface area contributed by atoms with Crippen LogP contribution in [0.1, 0.15) is 39.2 Å². The van der Waals surface area contributed by atoms with Gasteiger partial charge in [0, 0.05) is 11.8 Å². The predicted molar refractivity (Wildman–Crippen MR) is 95.7 cm³/mol. The van der Waals surface area contributed by atoms with Crippen LogP contribution in [0.15, 0.2) is 29.3 Å². The summed E-state index contributed by atoms with van der Waals surface area (Å²) in [5, 5.41) is 6.43. The SMILES string of the molecule is CCCNP(=O)(NC=Nc1ccc(C)cc1)SC(C)CC. The molecular formula is C15H26N3OPS. The van der Waals surface area contributed by atoms with Gasteiger partial charge in [-0.25, -0.2) is 10.1 Å². The maximum atomic E-state index is 12.8. The molecule has 0 aliphatic carbocycles. The third-order valence-electron chi connectivity index (χ3n) is 2.95. The highest BCUT2D eigenvalue weighted by Crippen LogP contribution is 2.53. The van der Waals surface area contributed by atoms with Gasteiger partial charge in [-0.2, -0.15) is 0 Å². The Labute approximate surface area is 132 Å². The Balaban J connectivity index is 2.67. The van der Waals surface area contributed by atoms with E-state index in [1.54, 1.807) is 6.34 Å². The second-order valence-electron chi connectivity index (χ2n) is 5.01. The minimum atomic E-state index is -2.69. The fraction of sp³-hybridized carbons (Fsp3) is 0.533. The molecule has 0 aliphatic heterocycles. The lowest BCUT2D eigenvalue weighted by molar-refractivity contribution is 0.572. The van der Waals surface area contributed by atoms with Crippen molar-refractivity contribution < 1.29 is 4.57 Å². The van der Waals surface area contributed by atoms with Gasteiger partial charge in [-0.05, 0) is 31.9 Å². The monoisotopic (exact) mass is 327 g/mol. The molecule has 0 amide bonds. The van der Waals surface area contributed by atoms with Crippen LogP contribution in [0.2, 0.25) is 0 Å². The van der Waals surface area contributed by atoms with Crippen LogP contribution in [0.5, 0.6) is 0 Å². The summed E-state index contributed by atoms with van der Waals surface area (Å²) in [6.45, 7) is 6.33. The van der Waals surface area contributed by atoms with Gasteiger partial charge in [0.15, 0.2) is 0 Å². The van der Waals surface area contributed by atoms with Crippen LogP contribution in [-0.4, -0.2) is 18.1 Å². The number of rotatable bonds is 9. The highest BCUT2D eigenvalue weighted by Gasteiger charge is 2.23. The van der Waals surface area contributed by atoms with Crippen LogP contribution >= 0.6 is 18.0 Å². The average Bonchev–Trinajstić information content (AvgIpc) is 2.47. The molecule has 0 saturated heterocycles. The molecule has 4 nitrogen and oxygen atoms in total. The normalized spacial score (nSPS) is 15.8. The van der Waals surface area contributed by atoms with Crippen LogP contribution in [0.3, 0.4) is 0 Å². The van der Waals surface area contributed by atoms with Crippen molar-refractivity contribution >= 4 is 30.1 Å². The van der Waals surface area contributed by atoms with Gasteiger partial charge in [0.2, 0.25) is 0 Å². The molecule has 118 valence electrons. The van der Waals surface area contributed by atoms with E-state index in [2.05, 4.69) is 35.9 Å². The van der Waals surface area contributed by atoms with E-state index in [1.165, 1.54) is 16.9 Å². The first-order valence-corrected chi connectivity index (χ1v) is 10.6. The summed E-state index contributed by atoms with van der Waals surface area (Å²) in [6.07, 6.45) is 3.48. The van der Waals surface area contributed by atoms with Crippen molar-refractivity contribution in [2.45, 2.75) is 45.8 Å². The standard InChI is InChI=1S/C15H26N3OPS/c1-5-11-17-20(19,21-14(4)6-2)18-12-16-15-9-7-13(3)8-10-15/h7-10,12,14H,5-6,11H2,1-4H3,(H2,16,17,18,19). The summed E-state index contributed by atoms with van der Waals surface area (Å²) in [4.78, 5) is 4.31. The molecule has 0 saturated carbocycles. The Hall–Kier alpha value is -0.770. The maximum absolute atomic E-state index is 12.8. The molecule has 0 heterocycles. The average molecular weight is 327 g/mol. The van der Waals surface area contributed by atoms with Crippen LogP contribution in [-0.2, 0) is 4.57 Å². The molecule has 1 rings (SSSR count). The van der Waals surface area contributed by atoms with Crippen molar-refractivity contribution in [1.29, 1.82) is 0 Å². The van der Waals surface area contributed by atoms with Crippen molar-refractivity contribution in [2.75, 3.05) is 6.54 Å². The van der Waals surface area contributed by atoms with Crippen LogP contribution < -0.4 is 10.2 Å². The Morgan fingerprint density at radius 1 is 1.33 bits per heavy atom. The van der Waals surface area contributed by atoms with Gasteiger partial charge in [0.1, 0.15) is 0 Å². The number of aliphatic imine (C=N–C) groups is 1. The Kier molecular flexibility index (Phi) is 8.09. The van der Waals surface area contributed by atoms with Crippen molar-refractivity contribution in [3.8, 4) is 0 Å². The molecule has 0 fully saturated rings. The highest BCUT2D eigenvalue weighted by atomic mass is 32.7. The van der Waals surface area contributed by atoms with Gasteiger partial charge >= 0.3 is 0 Å². The Morgan fingerprint density at radius 3 is 2.57 bits per heavy atom. The molecule has 21 heavy (non-hydrogen) atoms. The molecule has 0 radical (unpaired) electrons. The third kappa shape index (κ3) is 7.16. The fourth-order valence-corrected chi connectivity index (χ4v) is 5.91. The van der Waals surface area contributed by atoms with E-state index in [-0.39, 0.29) is 0 Å². The largest absolute Gasteiger partial charge is 0.307 e. The smallest absolute Gasteiger partial charge is 0.291 e. The zero-order chi connectivity index (χ0) is 15.7. The topological polar surface area (TPSA) is 53.5 Å². The van der Waals surface area contributed by atoms with Crippen LogP contribution in [0.25, 0.3) is 0 Å². The summed E-state index contributed by atoms with van der Waals surface area (Å²) in [6, 6.07) is 7.91.